The van der Waals surface area contributed by atoms with Crippen LogP contribution in [0.2, 0.25) is 0 Å². The molecule has 2 N–H and O–H groups in total. The van der Waals surface area contributed by atoms with Crippen molar-refractivity contribution in [1.29, 1.82) is 0 Å². The number of anilines is 1. The maximum Gasteiger partial charge on any atom is 0.327 e. The van der Waals surface area contributed by atoms with E-state index < -0.39 is 23.3 Å². The van der Waals surface area contributed by atoms with Crippen molar-refractivity contribution in [1.82, 2.24) is 4.72 Å². The Bertz CT molecular complexity index is 1310. The van der Waals surface area contributed by atoms with Crippen LogP contribution in [0.4, 0.5) is 5.69 Å². The summed E-state index contributed by atoms with van der Waals surface area (Å²) in [6.07, 6.45) is 0.452. The van der Waals surface area contributed by atoms with Crippen molar-refractivity contribution in [2.24, 2.45) is 0 Å². The van der Waals surface area contributed by atoms with Gasteiger partial charge in [-0.1, -0.05) is 60.8 Å². The summed E-state index contributed by atoms with van der Waals surface area (Å²) in [5, 5.41) is 11.5. The fourth-order valence-electron chi connectivity index (χ4n) is 3.99. The van der Waals surface area contributed by atoms with E-state index in [0.29, 0.717) is 17.6 Å². The van der Waals surface area contributed by atoms with Crippen LogP contribution in [0.1, 0.15) is 30.0 Å². The highest BCUT2D eigenvalue weighted by Gasteiger charge is 2.29. The lowest BCUT2D eigenvalue weighted by Crippen LogP contribution is -2.43. The molecule has 1 aromatic heterocycles. The Hall–Kier alpha value is -2.85. The number of nitrogens with one attached hydrogen (secondary N) is 1. The Labute approximate surface area is 199 Å². The predicted molar refractivity (Wildman–Crippen MR) is 132 cm³/mol. The lowest BCUT2D eigenvalue weighted by atomic mass is 9.99. The molecule has 0 saturated carbocycles. The number of para-hydroxylation sites is 1. The molecular formula is C24H23N2O5S2-. The number of nitrogens with zero attached hydrogens (tertiary/aromatic N) is 1. The molecule has 0 bridgehead atoms. The van der Waals surface area contributed by atoms with E-state index in [1.165, 1.54) is 0 Å². The number of carbonyl (C=O) groups is 1. The number of benzene rings is 3. The summed E-state index contributed by atoms with van der Waals surface area (Å²) in [6.45, 7) is 1.98. The molecule has 3 unspecified atom stereocenters. The van der Waals surface area contributed by atoms with Gasteiger partial charge in [-0.15, -0.1) is 0 Å². The summed E-state index contributed by atoms with van der Waals surface area (Å²) in [7, 11) is 0. The Morgan fingerprint density at radius 2 is 1.79 bits per heavy atom. The second-order valence-corrected chi connectivity index (χ2v) is 8.93. The summed E-state index contributed by atoms with van der Waals surface area (Å²) in [5.41, 5.74) is 3.59. The first kappa shape index (κ1) is 23.3. The van der Waals surface area contributed by atoms with Crippen LogP contribution in [0, 0.1) is 6.92 Å². The van der Waals surface area contributed by atoms with Crippen molar-refractivity contribution in [3.05, 3.63) is 77.9 Å². The predicted octanol–water partition coefficient (Wildman–Crippen LogP) is 4.90. The van der Waals surface area contributed by atoms with Crippen molar-refractivity contribution >= 4 is 57.7 Å². The zero-order valence-corrected chi connectivity index (χ0v) is 19.5. The van der Waals surface area contributed by atoms with Gasteiger partial charge in [0.1, 0.15) is 17.2 Å². The highest BCUT2D eigenvalue weighted by atomic mass is 32.2. The van der Waals surface area contributed by atoms with E-state index in [1.54, 1.807) is 18.2 Å². The third-order valence-electron chi connectivity index (χ3n) is 5.71. The molecule has 0 fully saturated rings. The third kappa shape index (κ3) is 4.91. The molecule has 4 aromatic rings. The second-order valence-electron chi connectivity index (χ2n) is 7.85. The molecule has 4 rings (SSSR count). The quantitative estimate of drug-likeness (QED) is 0.231. The van der Waals surface area contributed by atoms with E-state index in [9.17, 15) is 18.7 Å². The standard InChI is InChI=1S/C24H24N2O5S2/c1-15-6-8-16(9-7-15)20(25-32)11-12-21(24(27)28)26(33(29)30)17-10-13-23-19(14-17)18-4-2-3-5-22(18)31-23/h2-10,13-14,20-21,25,32H,11-12H2,1H3,(H,27,28)(H,29,30)/p-1. The number of thiol groups is 1. The molecule has 3 aromatic carbocycles. The van der Waals surface area contributed by atoms with Crippen LogP contribution >= 0.6 is 12.8 Å². The van der Waals surface area contributed by atoms with Crippen LogP contribution in [0.3, 0.4) is 0 Å². The molecule has 1 heterocycles. The van der Waals surface area contributed by atoms with Crippen LogP contribution in [0.5, 0.6) is 0 Å². The molecule has 9 heteroatoms. The van der Waals surface area contributed by atoms with Gasteiger partial charge in [-0.3, -0.25) is 13.2 Å². The van der Waals surface area contributed by atoms with Gasteiger partial charge in [-0.2, -0.15) is 0 Å². The monoisotopic (exact) mass is 483 g/mol. The molecular weight excluding hydrogens is 460 g/mol. The summed E-state index contributed by atoms with van der Waals surface area (Å²) in [5.74, 6) is -1.22. The summed E-state index contributed by atoms with van der Waals surface area (Å²) in [6, 6.07) is 18.6. The average molecular weight is 484 g/mol. The first-order chi connectivity index (χ1) is 15.9. The molecule has 3 atom stereocenters. The van der Waals surface area contributed by atoms with Gasteiger partial charge in [0, 0.05) is 28.1 Å². The van der Waals surface area contributed by atoms with Crippen LogP contribution in [-0.2, 0) is 16.1 Å². The minimum Gasteiger partial charge on any atom is -0.755 e. The van der Waals surface area contributed by atoms with Gasteiger partial charge in [-0.25, -0.2) is 4.79 Å². The second kappa shape index (κ2) is 9.96. The molecule has 33 heavy (non-hydrogen) atoms. The average Bonchev–Trinajstić information content (AvgIpc) is 3.17. The molecule has 0 aliphatic heterocycles. The molecule has 0 saturated heterocycles. The number of fused-ring (bicyclic) bond motifs is 3. The van der Waals surface area contributed by atoms with Crippen LogP contribution in [-0.4, -0.2) is 25.9 Å². The summed E-state index contributed by atoms with van der Waals surface area (Å²) in [4.78, 5) is 12.2. The minimum absolute atomic E-state index is 0.0829. The van der Waals surface area contributed by atoms with Crippen molar-refractivity contribution < 1.29 is 23.1 Å². The number of rotatable bonds is 9. The van der Waals surface area contributed by atoms with E-state index in [-0.39, 0.29) is 18.2 Å². The first-order valence-corrected chi connectivity index (χ1v) is 11.9. The van der Waals surface area contributed by atoms with Gasteiger partial charge in [0.2, 0.25) is 0 Å². The summed E-state index contributed by atoms with van der Waals surface area (Å²) < 4.78 is 34.0. The lowest BCUT2D eigenvalue weighted by Gasteiger charge is -2.33. The fourth-order valence-corrected chi connectivity index (χ4v) is 4.96. The third-order valence-corrected chi connectivity index (χ3v) is 6.81. The Morgan fingerprint density at radius 3 is 2.45 bits per heavy atom. The number of aliphatic carboxylic acids is 1. The normalized spacial score (nSPS) is 14.3. The molecule has 0 radical (unpaired) electrons. The Kier molecular flexibility index (Phi) is 7.04. The molecule has 0 amide bonds. The van der Waals surface area contributed by atoms with Gasteiger partial charge in [0.05, 0.1) is 5.69 Å². The number of carboxylic acid groups (broad SMARTS) is 1. The minimum atomic E-state index is -2.80. The van der Waals surface area contributed by atoms with E-state index in [2.05, 4.69) is 17.5 Å². The van der Waals surface area contributed by atoms with E-state index >= 15 is 0 Å². The zero-order chi connectivity index (χ0) is 23.5. The van der Waals surface area contributed by atoms with E-state index in [0.717, 1.165) is 26.2 Å². The van der Waals surface area contributed by atoms with Crippen LogP contribution in [0.25, 0.3) is 21.9 Å². The Balaban J connectivity index is 1.65. The maximum absolute atomic E-state index is 12.2. The van der Waals surface area contributed by atoms with Crippen molar-refractivity contribution in [3.63, 3.8) is 0 Å². The summed E-state index contributed by atoms with van der Waals surface area (Å²) >= 11 is 1.39. The van der Waals surface area contributed by atoms with Gasteiger partial charge in [0.15, 0.2) is 0 Å². The lowest BCUT2D eigenvalue weighted by molar-refractivity contribution is -0.138. The number of aryl methyl sites for hydroxylation is 1. The van der Waals surface area contributed by atoms with E-state index in [1.807, 2.05) is 55.5 Å². The van der Waals surface area contributed by atoms with Gasteiger partial charge in [-0.05, 0) is 49.6 Å². The van der Waals surface area contributed by atoms with Gasteiger partial charge < -0.3 is 14.1 Å². The topological polar surface area (TPSA) is 106 Å². The van der Waals surface area contributed by atoms with Crippen molar-refractivity contribution in [3.8, 4) is 0 Å². The van der Waals surface area contributed by atoms with Crippen molar-refractivity contribution in [2.75, 3.05) is 4.31 Å². The smallest absolute Gasteiger partial charge is 0.327 e. The number of furan rings is 1. The largest absolute Gasteiger partial charge is 0.755 e. The SMILES string of the molecule is Cc1ccc(C(CCC(C(=O)O)N(c2ccc3oc4ccccc4c3c2)S(=O)[O-])NS)cc1. The first-order valence-electron chi connectivity index (χ1n) is 10.4. The van der Waals surface area contributed by atoms with Crippen LogP contribution < -0.4 is 9.03 Å². The van der Waals surface area contributed by atoms with Gasteiger partial charge >= 0.3 is 5.97 Å². The zero-order valence-electron chi connectivity index (χ0n) is 17.8. The maximum atomic E-state index is 12.2. The molecule has 172 valence electrons. The van der Waals surface area contributed by atoms with Crippen LogP contribution in [0.15, 0.2) is 71.1 Å². The van der Waals surface area contributed by atoms with E-state index in [4.69, 9.17) is 4.42 Å². The van der Waals surface area contributed by atoms with Gasteiger partial charge in [0.25, 0.3) is 0 Å². The fraction of sp³-hybridized carbons (Fsp3) is 0.208. The molecule has 0 aliphatic rings. The Morgan fingerprint density at radius 1 is 1.09 bits per heavy atom. The number of carboxylic acids is 1. The highest BCUT2D eigenvalue weighted by molar-refractivity contribution is 7.80. The number of hydrogen-bond donors (Lipinski definition) is 3. The molecule has 7 nitrogen and oxygen atoms in total. The van der Waals surface area contributed by atoms with Crippen molar-refractivity contribution in [2.45, 2.75) is 31.8 Å². The molecule has 0 aliphatic carbocycles. The molecule has 0 spiro atoms. The highest BCUT2D eigenvalue weighted by Crippen LogP contribution is 2.33. The number of hydrogen-bond acceptors (Lipinski definition) is 6.